The van der Waals surface area contributed by atoms with Crippen LogP contribution >= 0.6 is 11.3 Å². The van der Waals surface area contributed by atoms with Crippen LogP contribution in [0.3, 0.4) is 0 Å². The van der Waals surface area contributed by atoms with E-state index >= 15 is 0 Å². The van der Waals surface area contributed by atoms with E-state index in [0.717, 1.165) is 24.8 Å². The standard InChI is InChI=1S/C22H26N4O3S/c1-16-5-7-17(8-6-16)15-25-13-14-30-21(25)23-18(27)9-12-26-19(28)22(24-20(26)29)10-3-2-4-11-22/h5-8,13-14H,2-4,9-12,15H2,1H3,(H,24,29). The summed E-state index contributed by atoms with van der Waals surface area (Å²) in [5.41, 5.74) is 1.58. The number of amides is 4. The lowest BCUT2D eigenvalue weighted by molar-refractivity contribution is -0.132. The predicted octanol–water partition coefficient (Wildman–Crippen LogP) is 2.98. The first-order valence-electron chi connectivity index (χ1n) is 10.4. The second kappa shape index (κ2) is 8.55. The fourth-order valence-corrected chi connectivity index (χ4v) is 4.89. The summed E-state index contributed by atoms with van der Waals surface area (Å²) in [5, 5.41) is 4.77. The van der Waals surface area contributed by atoms with Crippen LogP contribution in [0, 0.1) is 6.92 Å². The van der Waals surface area contributed by atoms with Crippen LogP contribution in [0.15, 0.2) is 40.8 Å². The van der Waals surface area contributed by atoms with Gasteiger partial charge in [-0.25, -0.2) is 4.79 Å². The van der Waals surface area contributed by atoms with E-state index in [4.69, 9.17) is 0 Å². The molecule has 1 aliphatic carbocycles. The van der Waals surface area contributed by atoms with Crippen LogP contribution in [0.2, 0.25) is 0 Å². The van der Waals surface area contributed by atoms with Crippen molar-refractivity contribution >= 4 is 29.2 Å². The van der Waals surface area contributed by atoms with Gasteiger partial charge in [0.15, 0.2) is 4.80 Å². The first kappa shape index (κ1) is 20.5. The third-order valence-corrected chi connectivity index (χ3v) is 6.65. The number of hydrogen-bond acceptors (Lipinski definition) is 4. The molecule has 1 aliphatic heterocycles. The maximum absolute atomic E-state index is 12.8. The Morgan fingerprint density at radius 1 is 1.17 bits per heavy atom. The molecule has 0 radical (unpaired) electrons. The molecule has 4 amide bonds. The Balaban J connectivity index is 1.40. The number of nitrogens with one attached hydrogen (secondary N) is 1. The topological polar surface area (TPSA) is 83.8 Å². The largest absolute Gasteiger partial charge is 0.325 e. The Bertz CT molecular complexity index is 1020. The monoisotopic (exact) mass is 426 g/mol. The van der Waals surface area contributed by atoms with E-state index in [1.54, 1.807) is 0 Å². The van der Waals surface area contributed by atoms with E-state index < -0.39 is 5.54 Å². The van der Waals surface area contributed by atoms with Crippen molar-refractivity contribution in [2.75, 3.05) is 6.54 Å². The molecule has 0 atom stereocenters. The van der Waals surface area contributed by atoms with Gasteiger partial charge in [-0.3, -0.25) is 14.5 Å². The zero-order valence-electron chi connectivity index (χ0n) is 17.1. The minimum absolute atomic E-state index is 0.0255. The molecule has 4 rings (SSSR count). The van der Waals surface area contributed by atoms with Gasteiger partial charge in [-0.2, -0.15) is 4.99 Å². The molecule has 158 valence electrons. The number of hydrogen-bond donors (Lipinski definition) is 1. The molecule has 1 aromatic carbocycles. The molecule has 2 fully saturated rings. The molecule has 1 spiro atoms. The van der Waals surface area contributed by atoms with Gasteiger partial charge in [-0.1, -0.05) is 49.1 Å². The highest BCUT2D eigenvalue weighted by Gasteiger charge is 2.51. The van der Waals surface area contributed by atoms with Crippen LogP contribution in [0.5, 0.6) is 0 Å². The molecule has 1 saturated carbocycles. The molecule has 30 heavy (non-hydrogen) atoms. The zero-order chi connectivity index (χ0) is 21.1. The van der Waals surface area contributed by atoms with E-state index in [1.165, 1.54) is 21.8 Å². The highest BCUT2D eigenvalue weighted by Crippen LogP contribution is 2.33. The average molecular weight is 427 g/mol. The second-order valence-corrected chi connectivity index (χ2v) is 8.96. The van der Waals surface area contributed by atoms with Crippen LogP contribution in [-0.4, -0.2) is 39.4 Å². The molecule has 1 saturated heterocycles. The molecule has 1 N–H and O–H groups in total. The van der Waals surface area contributed by atoms with E-state index in [-0.39, 0.29) is 30.8 Å². The molecular formula is C22H26N4O3S. The normalized spacial score (nSPS) is 18.8. The number of aromatic nitrogens is 1. The summed E-state index contributed by atoms with van der Waals surface area (Å²) in [5.74, 6) is -0.522. The van der Waals surface area contributed by atoms with Crippen molar-refractivity contribution < 1.29 is 14.4 Å². The van der Waals surface area contributed by atoms with Crippen LogP contribution in [0.4, 0.5) is 4.79 Å². The van der Waals surface area contributed by atoms with Gasteiger partial charge < -0.3 is 9.88 Å². The number of carbonyl (C=O) groups is 3. The quantitative estimate of drug-likeness (QED) is 0.746. The van der Waals surface area contributed by atoms with Crippen LogP contribution in [0.25, 0.3) is 0 Å². The lowest BCUT2D eigenvalue weighted by Crippen LogP contribution is -2.48. The number of imide groups is 1. The molecular weight excluding hydrogens is 400 g/mol. The Labute approximate surface area is 179 Å². The summed E-state index contributed by atoms with van der Waals surface area (Å²) in [6.07, 6.45) is 6.26. The van der Waals surface area contributed by atoms with E-state index in [1.807, 2.05) is 23.1 Å². The fraction of sp³-hybridized carbons (Fsp3) is 0.455. The zero-order valence-corrected chi connectivity index (χ0v) is 17.9. The SMILES string of the molecule is Cc1ccc(Cn2ccsc2=NC(=O)CCN2C(=O)NC3(CCCCC3)C2=O)cc1. The Morgan fingerprint density at radius 2 is 1.90 bits per heavy atom. The summed E-state index contributed by atoms with van der Waals surface area (Å²) in [6.45, 7) is 2.74. The third kappa shape index (κ3) is 4.23. The number of carbonyl (C=O) groups excluding carboxylic acids is 3. The van der Waals surface area contributed by atoms with Crippen LogP contribution in [-0.2, 0) is 16.1 Å². The third-order valence-electron chi connectivity index (χ3n) is 5.86. The van der Waals surface area contributed by atoms with Gasteiger partial charge in [0.2, 0.25) is 5.91 Å². The summed E-state index contributed by atoms with van der Waals surface area (Å²) in [4.78, 5) is 43.6. The van der Waals surface area contributed by atoms with Crippen molar-refractivity contribution in [1.29, 1.82) is 0 Å². The number of aryl methyl sites for hydroxylation is 1. The number of benzene rings is 1. The second-order valence-electron chi connectivity index (χ2n) is 8.08. The van der Waals surface area contributed by atoms with E-state index in [9.17, 15) is 14.4 Å². The Morgan fingerprint density at radius 3 is 2.63 bits per heavy atom. The van der Waals surface area contributed by atoms with Crippen molar-refractivity contribution in [3.63, 3.8) is 0 Å². The van der Waals surface area contributed by atoms with Crippen molar-refractivity contribution in [1.82, 2.24) is 14.8 Å². The molecule has 1 aromatic heterocycles. The number of rotatable bonds is 5. The van der Waals surface area contributed by atoms with Gasteiger partial charge in [-0.05, 0) is 25.3 Å². The molecule has 0 unspecified atom stereocenters. The lowest BCUT2D eigenvalue weighted by atomic mass is 9.82. The maximum Gasteiger partial charge on any atom is 0.325 e. The summed E-state index contributed by atoms with van der Waals surface area (Å²) in [7, 11) is 0. The Kier molecular flexibility index (Phi) is 5.85. The fourth-order valence-electron chi connectivity index (χ4n) is 4.14. The highest BCUT2D eigenvalue weighted by molar-refractivity contribution is 7.07. The van der Waals surface area contributed by atoms with Gasteiger partial charge >= 0.3 is 6.03 Å². The van der Waals surface area contributed by atoms with E-state index in [0.29, 0.717) is 24.2 Å². The molecule has 2 aliphatic rings. The van der Waals surface area contributed by atoms with Crippen molar-refractivity contribution in [2.24, 2.45) is 4.99 Å². The first-order valence-corrected chi connectivity index (χ1v) is 11.3. The van der Waals surface area contributed by atoms with Gasteiger partial charge in [0, 0.05) is 31.1 Å². The van der Waals surface area contributed by atoms with Crippen molar-refractivity contribution in [3.05, 3.63) is 51.8 Å². The maximum atomic E-state index is 12.8. The smallest absolute Gasteiger partial charge is 0.323 e. The molecule has 0 bridgehead atoms. The summed E-state index contributed by atoms with van der Waals surface area (Å²) in [6, 6.07) is 7.84. The van der Waals surface area contributed by atoms with Gasteiger partial charge in [0.25, 0.3) is 5.91 Å². The van der Waals surface area contributed by atoms with Gasteiger partial charge in [-0.15, -0.1) is 11.3 Å². The van der Waals surface area contributed by atoms with Gasteiger partial charge in [0.05, 0.1) is 0 Å². The number of nitrogens with zero attached hydrogens (tertiary/aromatic N) is 3. The average Bonchev–Trinajstić information content (AvgIpc) is 3.25. The van der Waals surface area contributed by atoms with Crippen LogP contribution in [0.1, 0.15) is 49.7 Å². The van der Waals surface area contributed by atoms with Gasteiger partial charge in [0.1, 0.15) is 5.54 Å². The molecule has 8 heteroatoms. The van der Waals surface area contributed by atoms with E-state index in [2.05, 4.69) is 34.6 Å². The van der Waals surface area contributed by atoms with Crippen molar-refractivity contribution in [2.45, 2.75) is 57.5 Å². The molecule has 2 aromatic rings. The molecule has 2 heterocycles. The summed E-state index contributed by atoms with van der Waals surface area (Å²) < 4.78 is 1.93. The lowest BCUT2D eigenvalue weighted by Gasteiger charge is -2.30. The highest BCUT2D eigenvalue weighted by atomic mass is 32.1. The summed E-state index contributed by atoms with van der Waals surface area (Å²) >= 11 is 1.39. The first-order chi connectivity index (χ1) is 14.5. The van der Waals surface area contributed by atoms with Crippen molar-refractivity contribution in [3.8, 4) is 0 Å². The van der Waals surface area contributed by atoms with Crippen LogP contribution < -0.4 is 10.1 Å². The Hall–Kier alpha value is -2.74. The minimum atomic E-state index is -0.750. The molecule has 7 nitrogen and oxygen atoms in total. The number of thiazole rings is 1. The predicted molar refractivity (Wildman–Crippen MR) is 114 cm³/mol. The minimum Gasteiger partial charge on any atom is -0.323 e. The number of urea groups is 1.